The van der Waals surface area contributed by atoms with Crippen LogP contribution in [-0.4, -0.2) is 31.9 Å². The minimum absolute atomic E-state index is 0.0110. The Morgan fingerprint density at radius 3 is 2.46 bits per heavy atom. The van der Waals surface area contributed by atoms with Gasteiger partial charge in [-0.1, -0.05) is 0 Å². The van der Waals surface area contributed by atoms with Crippen LogP contribution in [0.4, 0.5) is 0 Å². The third kappa shape index (κ3) is 4.75. The highest BCUT2D eigenvalue weighted by Crippen LogP contribution is 2.28. The van der Waals surface area contributed by atoms with Gasteiger partial charge in [-0.2, -0.15) is 0 Å². The van der Waals surface area contributed by atoms with Gasteiger partial charge in [-0.15, -0.1) is 0 Å². The molecule has 1 aromatic carbocycles. The molecule has 0 unspecified atom stereocenters. The molecule has 3 aromatic rings. The quantitative estimate of drug-likeness (QED) is 0.423. The first-order chi connectivity index (χ1) is 13.1. The van der Waals surface area contributed by atoms with Gasteiger partial charge in [0.15, 0.2) is 5.78 Å². The summed E-state index contributed by atoms with van der Waals surface area (Å²) in [5.74, 6) is 0.0143. The zero-order valence-electron chi connectivity index (χ0n) is 16.0. The van der Waals surface area contributed by atoms with Crippen molar-refractivity contribution in [3.63, 3.8) is 0 Å². The number of benzene rings is 1. The molecule has 2 heterocycles. The molecule has 3 rings (SSSR count). The lowest BCUT2D eigenvalue weighted by Crippen LogP contribution is -2.26. The monoisotopic (exact) mass is 445 g/mol. The number of nitrogens with zero attached hydrogens (tertiary/aromatic N) is 3. The maximum Gasteiger partial charge on any atom is 0.326 e. The van der Waals surface area contributed by atoms with E-state index in [4.69, 9.17) is 9.47 Å². The Morgan fingerprint density at radius 1 is 1.18 bits per heavy atom. The third-order valence-electron chi connectivity index (χ3n) is 3.76. The van der Waals surface area contributed by atoms with Crippen LogP contribution in [0.2, 0.25) is 0 Å². The highest BCUT2D eigenvalue weighted by Gasteiger charge is 2.19. The Hall–Kier alpha value is -2.74. The lowest BCUT2D eigenvalue weighted by molar-refractivity contribution is -0.155. The second kappa shape index (κ2) is 7.71. The van der Waals surface area contributed by atoms with Gasteiger partial charge in [0.25, 0.3) is 0 Å². The first-order valence-corrected chi connectivity index (χ1v) is 9.43. The van der Waals surface area contributed by atoms with Gasteiger partial charge in [-0.3, -0.25) is 9.59 Å². The van der Waals surface area contributed by atoms with Gasteiger partial charge in [-0.05, 0) is 61.8 Å². The molecule has 0 N–H and O–H groups in total. The number of fused-ring (bicyclic) bond motifs is 1. The molecule has 0 bridgehead atoms. The number of ketones is 1. The Kier molecular flexibility index (Phi) is 5.51. The number of aromatic nitrogens is 3. The predicted octanol–water partition coefficient (Wildman–Crippen LogP) is 4.53. The van der Waals surface area contributed by atoms with E-state index in [1.807, 2.05) is 20.8 Å². The standard InChI is InChI=1S/C20H20BrN3O4/c1-12(25)16-10-24(11-18(26)28-20(2,3)4)17-6-5-14(7-15(16)17)27-19-22-8-13(21)9-23-19/h5-10H,11H2,1-4H3. The number of carbonyl (C=O) groups excluding carboxylic acids is 2. The molecule has 146 valence electrons. The summed E-state index contributed by atoms with van der Waals surface area (Å²) >= 11 is 3.27. The third-order valence-corrected chi connectivity index (χ3v) is 4.17. The highest BCUT2D eigenvalue weighted by molar-refractivity contribution is 9.10. The summed E-state index contributed by atoms with van der Waals surface area (Å²) in [6.07, 6.45) is 4.83. The number of carbonyl (C=O) groups is 2. The van der Waals surface area contributed by atoms with E-state index in [1.165, 1.54) is 6.92 Å². The minimum atomic E-state index is -0.574. The summed E-state index contributed by atoms with van der Waals surface area (Å²) in [5.41, 5.74) is 0.663. The van der Waals surface area contributed by atoms with Crippen LogP contribution in [-0.2, 0) is 16.1 Å². The van der Waals surface area contributed by atoms with Crippen LogP contribution < -0.4 is 4.74 Å². The summed E-state index contributed by atoms with van der Waals surface area (Å²) in [5, 5.41) is 0.686. The van der Waals surface area contributed by atoms with Crippen LogP contribution in [0.5, 0.6) is 11.8 Å². The van der Waals surface area contributed by atoms with Crippen LogP contribution in [0.3, 0.4) is 0 Å². The van der Waals surface area contributed by atoms with Gasteiger partial charge in [0.05, 0.1) is 4.47 Å². The van der Waals surface area contributed by atoms with Gasteiger partial charge in [0.1, 0.15) is 17.9 Å². The van der Waals surface area contributed by atoms with Crippen LogP contribution in [0.1, 0.15) is 38.1 Å². The zero-order chi connectivity index (χ0) is 20.5. The fraction of sp³-hybridized carbons (Fsp3) is 0.300. The Bertz CT molecular complexity index is 1040. The van der Waals surface area contributed by atoms with E-state index in [2.05, 4.69) is 25.9 Å². The topological polar surface area (TPSA) is 83.3 Å². The van der Waals surface area contributed by atoms with Gasteiger partial charge < -0.3 is 14.0 Å². The van der Waals surface area contributed by atoms with Crippen molar-refractivity contribution < 1.29 is 19.1 Å². The molecule has 7 nitrogen and oxygen atoms in total. The van der Waals surface area contributed by atoms with Crippen molar-refractivity contribution >= 4 is 38.6 Å². The molecule has 0 fully saturated rings. The number of rotatable bonds is 5. The Balaban J connectivity index is 1.93. The first kappa shape index (κ1) is 20.0. The maximum atomic E-state index is 12.2. The molecule has 28 heavy (non-hydrogen) atoms. The fourth-order valence-electron chi connectivity index (χ4n) is 2.72. The molecular weight excluding hydrogens is 426 g/mol. The largest absolute Gasteiger partial charge is 0.459 e. The molecule has 0 saturated carbocycles. The number of hydrogen-bond donors (Lipinski definition) is 0. The average molecular weight is 446 g/mol. The summed E-state index contributed by atoms with van der Waals surface area (Å²) in [6.45, 7) is 6.93. The summed E-state index contributed by atoms with van der Waals surface area (Å²) in [4.78, 5) is 32.5. The van der Waals surface area contributed by atoms with Gasteiger partial charge >= 0.3 is 12.0 Å². The minimum Gasteiger partial charge on any atom is -0.459 e. The van der Waals surface area contributed by atoms with Crippen LogP contribution in [0, 0.1) is 0 Å². The molecule has 0 radical (unpaired) electrons. The summed E-state index contributed by atoms with van der Waals surface area (Å²) in [6, 6.07) is 5.47. The van der Waals surface area contributed by atoms with E-state index in [0.717, 1.165) is 9.99 Å². The van der Waals surface area contributed by atoms with Gasteiger partial charge in [0.2, 0.25) is 0 Å². The molecule has 0 saturated heterocycles. The Morgan fingerprint density at radius 2 is 1.86 bits per heavy atom. The molecular formula is C20H20BrN3O4. The number of esters is 1. The fourth-order valence-corrected chi connectivity index (χ4v) is 2.93. The van der Waals surface area contributed by atoms with Crippen molar-refractivity contribution in [3.05, 3.63) is 46.8 Å². The van der Waals surface area contributed by atoms with E-state index in [1.54, 1.807) is 41.4 Å². The van der Waals surface area contributed by atoms with Crippen LogP contribution >= 0.6 is 15.9 Å². The van der Waals surface area contributed by atoms with E-state index in [-0.39, 0.29) is 24.3 Å². The normalized spacial score (nSPS) is 11.5. The number of ether oxygens (including phenoxy) is 2. The second-order valence-electron chi connectivity index (χ2n) is 7.28. The zero-order valence-corrected chi connectivity index (χ0v) is 17.6. The molecule has 0 aliphatic heterocycles. The molecule has 8 heteroatoms. The smallest absolute Gasteiger partial charge is 0.326 e. The lowest BCUT2D eigenvalue weighted by Gasteiger charge is -2.19. The molecule has 0 amide bonds. The van der Waals surface area contributed by atoms with Gasteiger partial charge in [0, 0.05) is 35.1 Å². The summed E-state index contributed by atoms with van der Waals surface area (Å²) < 4.78 is 13.5. The highest BCUT2D eigenvalue weighted by atomic mass is 79.9. The van der Waals surface area contributed by atoms with Crippen molar-refractivity contribution in [2.24, 2.45) is 0 Å². The van der Waals surface area contributed by atoms with Crippen molar-refractivity contribution in [2.45, 2.75) is 39.8 Å². The molecule has 0 aliphatic carbocycles. The molecule has 0 spiro atoms. The number of halogens is 1. The SMILES string of the molecule is CC(=O)c1cn(CC(=O)OC(C)(C)C)c2ccc(Oc3ncc(Br)cn3)cc12. The number of hydrogen-bond acceptors (Lipinski definition) is 6. The number of Topliss-reactive ketones (excluding diaryl/α,β-unsaturated/α-hetero) is 1. The van der Waals surface area contributed by atoms with Crippen molar-refractivity contribution in [3.8, 4) is 11.8 Å². The van der Waals surface area contributed by atoms with E-state index < -0.39 is 5.60 Å². The molecule has 2 aromatic heterocycles. The van der Waals surface area contributed by atoms with E-state index in [9.17, 15) is 9.59 Å². The van der Waals surface area contributed by atoms with Crippen LogP contribution in [0.25, 0.3) is 10.9 Å². The maximum absolute atomic E-state index is 12.2. The lowest BCUT2D eigenvalue weighted by atomic mass is 10.1. The van der Waals surface area contributed by atoms with Crippen molar-refractivity contribution in [1.82, 2.24) is 14.5 Å². The van der Waals surface area contributed by atoms with Crippen LogP contribution in [0.15, 0.2) is 41.3 Å². The van der Waals surface area contributed by atoms with E-state index in [0.29, 0.717) is 16.7 Å². The Labute approximate surface area is 170 Å². The van der Waals surface area contributed by atoms with E-state index >= 15 is 0 Å². The average Bonchev–Trinajstić information content (AvgIpc) is 2.93. The molecule has 0 atom stereocenters. The van der Waals surface area contributed by atoms with Gasteiger partial charge in [-0.25, -0.2) is 9.97 Å². The van der Waals surface area contributed by atoms with Crippen molar-refractivity contribution in [2.75, 3.05) is 0 Å². The molecule has 0 aliphatic rings. The predicted molar refractivity (Wildman–Crippen MR) is 108 cm³/mol. The first-order valence-electron chi connectivity index (χ1n) is 8.63. The van der Waals surface area contributed by atoms with Crippen molar-refractivity contribution in [1.29, 1.82) is 0 Å². The second-order valence-corrected chi connectivity index (χ2v) is 8.19. The summed E-state index contributed by atoms with van der Waals surface area (Å²) in [7, 11) is 0.